The minimum Gasteiger partial charge on any atom is -0.392 e. The highest BCUT2D eigenvalue weighted by Gasteiger charge is 2.19. The molecule has 6 heteroatoms. The Bertz CT molecular complexity index is 509. The van der Waals surface area contributed by atoms with Gasteiger partial charge in [0.15, 0.2) is 0 Å². The van der Waals surface area contributed by atoms with Crippen LogP contribution in [0, 0.1) is 5.92 Å². The molecule has 2 rings (SSSR count). The summed E-state index contributed by atoms with van der Waals surface area (Å²) in [6.07, 6.45) is 0.905. The lowest BCUT2D eigenvalue weighted by Gasteiger charge is -2.10. The molecule has 0 aromatic heterocycles. The Morgan fingerprint density at radius 3 is 2.84 bits per heavy atom. The SMILES string of the molecule is O=S(=O)(Cc1cccc(CO)c1)NCC1CCOC1. The molecule has 1 atom stereocenters. The number of hydrogen-bond acceptors (Lipinski definition) is 4. The number of benzene rings is 1. The summed E-state index contributed by atoms with van der Waals surface area (Å²) >= 11 is 0. The number of aliphatic hydroxyl groups excluding tert-OH is 1. The Hall–Kier alpha value is -0.950. The van der Waals surface area contributed by atoms with E-state index in [4.69, 9.17) is 9.84 Å². The Balaban J connectivity index is 1.91. The number of rotatable bonds is 6. The third-order valence-corrected chi connectivity index (χ3v) is 4.47. The molecule has 5 nitrogen and oxygen atoms in total. The van der Waals surface area contributed by atoms with Crippen LogP contribution in [0.25, 0.3) is 0 Å². The topological polar surface area (TPSA) is 75.6 Å². The Morgan fingerprint density at radius 2 is 2.16 bits per heavy atom. The zero-order valence-corrected chi connectivity index (χ0v) is 11.5. The molecule has 19 heavy (non-hydrogen) atoms. The van der Waals surface area contributed by atoms with E-state index in [1.165, 1.54) is 0 Å². The van der Waals surface area contributed by atoms with Gasteiger partial charge in [-0.2, -0.15) is 0 Å². The van der Waals surface area contributed by atoms with E-state index in [1.807, 2.05) is 0 Å². The highest BCUT2D eigenvalue weighted by atomic mass is 32.2. The first-order valence-electron chi connectivity index (χ1n) is 6.33. The normalized spacial score (nSPS) is 19.7. The van der Waals surface area contributed by atoms with Crippen LogP contribution in [0.3, 0.4) is 0 Å². The molecule has 0 spiro atoms. The molecule has 0 bridgehead atoms. The van der Waals surface area contributed by atoms with Gasteiger partial charge < -0.3 is 9.84 Å². The van der Waals surface area contributed by atoms with Gasteiger partial charge in [-0.1, -0.05) is 24.3 Å². The maximum atomic E-state index is 11.9. The number of nitrogens with one attached hydrogen (secondary N) is 1. The Morgan fingerprint density at radius 1 is 1.37 bits per heavy atom. The van der Waals surface area contributed by atoms with Crippen molar-refractivity contribution in [1.29, 1.82) is 0 Å². The highest BCUT2D eigenvalue weighted by molar-refractivity contribution is 7.88. The molecule has 2 N–H and O–H groups in total. The zero-order valence-electron chi connectivity index (χ0n) is 10.7. The van der Waals surface area contributed by atoms with Crippen LogP contribution >= 0.6 is 0 Å². The molecular weight excluding hydrogens is 266 g/mol. The summed E-state index contributed by atoms with van der Waals surface area (Å²) in [6.45, 7) is 1.69. The molecule has 1 fully saturated rings. The first kappa shape index (κ1) is 14.5. The number of sulfonamides is 1. The summed E-state index contributed by atoms with van der Waals surface area (Å²) in [5.74, 6) is 0.215. The summed E-state index contributed by atoms with van der Waals surface area (Å²) in [6, 6.07) is 6.97. The molecule has 1 unspecified atom stereocenters. The van der Waals surface area contributed by atoms with Crippen LogP contribution in [0.15, 0.2) is 24.3 Å². The lowest BCUT2D eigenvalue weighted by atomic mass is 10.1. The average molecular weight is 285 g/mol. The first-order valence-corrected chi connectivity index (χ1v) is 7.98. The fraction of sp³-hybridized carbons (Fsp3) is 0.538. The van der Waals surface area contributed by atoms with Crippen LogP contribution in [0.4, 0.5) is 0 Å². The van der Waals surface area contributed by atoms with Crippen molar-refractivity contribution < 1.29 is 18.3 Å². The monoisotopic (exact) mass is 285 g/mol. The van der Waals surface area contributed by atoms with Crippen LogP contribution < -0.4 is 4.72 Å². The highest BCUT2D eigenvalue weighted by Crippen LogP contribution is 2.12. The summed E-state index contributed by atoms with van der Waals surface area (Å²) < 4.78 is 31.7. The van der Waals surface area contributed by atoms with Gasteiger partial charge in [-0.3, -0.25) is 0 Å². The third-order valence-electron chi connectivity index (χ3n) is 3.15. The number of ether oxygens (including phenoxy) is 1. The molecule has 0 saturated carbocycles. The molecule has 1 saturated heterocycles. The fourth-order valence-electron chi connectivity index (χ4n) is 2.08. The molecule has 1 aromatic carbocycles. The molecule has 1 heterocycles. The van der Waals surface area contributed by atoms with Gasteiger partial charge in [0.1, 0.15) is 0 Å². The Kier molecular flexibility index (Phi) is 4.93. The molecule has 1 aliphatic heterocycles. The largest absolute Gasteiger partial charge is 0.392 e. The van der Waals surface area contributed by atoms with Crippen LogP contribution in [0.5, 0.6) is 0 Å². The van der Waals surface area contributed by atoms with E-state index >= 15 is 0 Å². The molecule has 1 aliphatic rings. The van der Waals surface area contributed by atoms with Gasteiger partial charge in [-0.15, -0.1) is 0 Å². The molecular formula is C13H19NO4S. The van der Waals surface area contributed by atoms with Gasteiger partial charge in [-0.05, 0) is 23.5 Å². The van der Waals surface area contributed by atoms with Crippen molar-refractivity contribution in [3.05, 3.63) is 35.4 Å². The van der Waals surface area contributed by atoms with Gasteiger partial charge >= 0.3 is 0 Å². The Labute approximate surface area is 113 Å². The summed E-state index contributed by atoms with van der Waals surface area (Å²) in [5.41, 5.74) is 1.40. The third kappa shape index (κ3) is 4.58. The van der Waals surface area contributed by atoms with Gasteiger partial charge in [0.2, 0.25) is 10.0 Å². The summed E-state index contributed by atoms with van der Waals surface area (Å²) in [5, 5.41) is 9.03. The van der Waals surface area contributed by atoms with Gasteiger partial charge in [0.05, 0.1) is 19.0 Å². The first-order chi connectivity index (χ1) is 9.09. The molecule has 106 valence electrons. The molecule has 0 amide bonds. The standard InChI is InChI=1S/C13H19NO4S/c15-8-11-2-1-3-12(6-11)10-19(16,17)14-7-13-4-5-18-9-13/h1-3,6,13-15H,4-5,7-10H2. The van der Waals surface area contributed by atoms with Crippen LogP contribution in [0.2, 0.25) is 0 Å². The van der Waals surface area contributed by atoms with E-state index in [-0.39, 0.29) is 18.3 Å². The van der Waals surface area contributed by atoms with E-state index in [0.717, 1.165) is 12.0 Å². The zero-order chi connectivity index (χ0) is 13.7. The summed E-state index contributed by atoms with van der Waals surface area (Å²) in [7, 11) is -3.33. The lowest BCUT2D eigenvalue weighted by Crippen LogP contribution is -2.30. The second-order valence-corrected chi connectivity index (χ2v) is 6.62. The smallest absolute Gasteiger partial charge is 0.215 e. The maximum absolute atomic E-state index is 11.9. The minimum absolute atomic E-state index is 0.0611. The van der Waals surface area contributed by atoms with Gasteiger partial charge in [0.25, 0.3) is 0 Å². The summed E-state index contributed by atoms with van der Waals surface area (Å²) in [4.78, 5) is 0. The predicted octanol–water partition coefficient (Wildman–Crippen LogP) is 0.635. The second-order valence-electron chi connectivity index (χ2n) is 4.82. The van der Waals surface area contributed by atoms with Crippen molar-refractivity contribution in [3.8, 4) is 0 Å². The molecule has 1 aromatic rings. The number of aliphatic hydroxyl groups is 1. The lowest BCUT2D eigenvalue weighted by molar-refractivity contribution is 0.186. The van der Waals surface area contributed by atoms with Crippen molar-refractivity contribution >= 4 is 10.0 Å². The fourth-order valence-corrected chi connectivity index (χ4v) is 3.29. The van der Waals surface area contributed by atoms with Gasteiger partial charge in [0, 0.05) is 13.2 Å². The molecule has 0 radical (unpaired) electrons. The quantitative estimate of drug-likeness (QED) is 0.804. The van der Waals surface area contributed by atoms with E-state index < -0.39 is 10.0 Å². The number of hydrogen-bond donors (Lipinski definition) is 2. The van der Waals surface area contributed by atoms with E-state index in [9.17, 15) is 8.42 Å². The van der Waals surface area contributed by atoms with Crippen molar-refractivity contribution in [1.82, 2.24) is 4.72 Å². The van der Waals surface area contributed by atoms with Crippen LogP contribution in [-0.2, 0) is 27.1 Å². The van der Waals surface area contributed by atoms with E-state index in [1.54, 1.807) is 24.3 Å². The van der Waals surface area contributed by atoms with Crippen LogP contribution in [-0.4, -0.2) is 33.3 Å². The molecule has 0 aliphatic carbocycles. The minimum atomic E-state index is -3.33. The van der Waals surface area contributed by atoms with Crippen molar-refractivity contribution in [2.24, 2.45) is 5.92 Å². The second kappa shape index (κ2) is 6.47. The maximum Gasteiger partial charge on any atom is 0.215 e. The average Bonchev–Trinajstić information content (AvgIpc) is 2.89. The van der Waals surface area contributed by atoms with Gasteiger partial charge in [-0.25, -0.2) is 13.1 Å². The van der Waals surface area contributed by atoms with E-state index in [2.05, 4.69) is 4.72 Å². The van der Waals surface area contributed by atoms with Crippen molar-refractivity contribution in [2.45, 2.75) is 18.8 Å². The van der Waals surface area contributed by atoms with Crippen molar-refractivity contribution in [2.75, 3.05) is 19.8 Å². The van der Waals surface area contributed by atoms with Crippen LogP contribution in [0.1, 0.15) is 17.5 Å². The van der Waals surface area contributed by atoms with Crippen molar-refractivity contribution in [3.63, 3.8) is 0 Å². The van der Waals surface area contributed by atoms with E-state index in [0.29, 0.717) is 25.3 Å². The predicted molar refractivity (Wildman–Crippen MR) is 71.9 cm³/mol.